The van der Waals surface area contributed by atoms with E-state index in [2.05, 4.69) is 15.6 Å². The number of fused-ring (bicyclic) bond motifs is 1. The van der Waals surface area contributed by atoms with Crippen molar-refractivity contribution in [1.29, 1.82) is 0 Å². The van der Waals surface area contributed by atoms with Gasteiger partial charge in [0.1, 0.15) is 5.65 Å². The molecule has 1 atom stereocenters. The lowest BCUT2D eigenvalue weighted by atomic mass is 10.0. The largest absolute Gasteiger partial charge is 0.356 e. The zero-order chi connectivity index (χ0) is 19.2. The van der Waals surface area contributed by atoms with E-state index < -0.39 is 0 Å². The molecule has 0 bridgehead atoms. The first-order valence-corrected chi connectivity index (χ1v) is 9.04. The molecule has 2 amide bonds. The molecule has 6 nitrogen and oxygen atoms in total. The van der Waals surface area contributed by atoms with Crippen molar-refractivity contribution >= 4 is 17.5 Å². The van der Waals surface area contributed by atoms with Crippen LogP contribution in [0.5, 0.6) is 0 Å². The molecule has 1 aromatic carbocycles. The SMILES string of the molecule is CC(=O)NC(CC(=O)NCCc1cn2ccccc2n1)c1ccc(C)cc1. The van der Waals surface area contributed by atoms with Crippen LogP contribution in [0.25, 0.3) is 5.65 Å². The molecule has 0 spiro atoms. The van der Waals surface area contributed by atoms with Gasteiger partial charge in [-0.15, -0.1) is 0 Å². The Kier molecular flexibility index (Phi) is 5.86. The zero-order valence-corrected chi connectivity index (χ0v) is 15.6. The van der Waals surface area contributed by atoms with Gasteiger partial charge >= 0.3 is 0 Å². The van der Waals surface area contributed by atoms with Crippen LogP contribution in [-0.4, -0.2) is 27.7 Å². The van der Waals surface area contributed by atoms with Gasteiger partial charge in [0.05, 0.1) is 18.2 Å². The Morgan fingerprint density at radius 1 is 1.15 bits per heavy atom. The fourth-order valence-electron chi connectivity index (χ4n) is 2.99. The summed E-state index contributed by atoms with van der Waals surface area (Å²) in [6.07, 6.45) is 4.77. The first-order chi connectivity index (χ1) is 13.0. The van der Waals surface area contributed by atoms with E-state index in [1.54, 1.807) is 0 Å². The minimum Gasteiger partial charge on any atom is -0.356 e. The number of amides is 2. The maximum absolute atomic E-state index is 12.3. The molecule has 0 saturated heterocycles. The van der Waals surface area contributed by atoms with E-state index in [0.717, 1.165) is 22.5 Å². The van der Waals surface area contributed by atoms with Crippen molar-refractivity contribution in [2.45, 2.75) is 32.7 Å². The highest BCUT2D eigenvalue weighted by atomic mass is 16.2. The molecule has 2 heterocycles. The van der Waals surface area contributed by atoms with Gasteiger partial charge in [-0.3, -0.25) is 9.59 Å². The number of carbonyl (C=O) groups excluding carboxylic acids is 2. The van der Waals surface area contributed by atoms with E-state index in [1.165, 1.54) is 6.92 Å². The van der Waals surface area contributed by atoms with E-state index in [-0.39, 0.29) is 24.3 Å². The monoisotopic (exact) mass is 364 g/mol. The van der Waals surface area contributed by atoms with Gasteiger partial charge in [-0.2, -0.15) is 0 Å². The molecule has 27 heavy (non-hydrogen) atoms. The van der Waals surface area contributed by atoms with Gasteiger partial charge in [0.2, 0.25) is 11.8 Å². The number of hydrogen-bond acceptors (Lipinski definition) is 3. The lowest BCUT2D eigenvalue weighted by Gasteiger charge is -2.18. The molecule has 0 fully saturated rings. The maximum Gasteiger partial charge on any atom is 0.222 e. The first-order valence-electron chi connectivity index (χ1n) is 9.04. The lowest BCUT2D eigenvalue weighted by Crippen LogP contribution is -2.33. The standard InChI is InChI=1S/C21H24N4O2/c1-15-6-8-17(9-7-15)19(23-16(2)26)13-21(27)22-11-10-18-14-25-12-4-3-5-20(25)24-18/h3-9,12,14,19H,10-11,13H2,1-2H3,(H,22,27)(H,23,26). The molecule has 2 aromatic heterocycles. The number of aromatic nitrogens is 2. The average Bonchev–Trinajstić information content (AvgIpc) is 3.04. The van der Waals surface area contributed by atoms with Gasteiger partial charge < -0.3 is 15.0 Å². The molecule has 1 unspecified atom stereocenters. The Bertz CT molecular complexity index is 898. The van der Waals surface area contributed by atoms with Crippen LogP contribution in [0.15, 0.2) is 54.9 Å². The summed E-state index contributed by atoms with van der Waals surface area (Å²) in [6, 6.07) is 13.4. The second-order valence-corrected chi connectivity index (χ2v) is 6.67. The number of nitrogens with zero attached hydrogens (tertiary/aromatic N) is 2. The quantitative estimate of drug-likeness (QED) is 0.677. The van der Waals surface area contributed by atoms with Gasteiger partial charge in [0, 0.05) is 32.3 Å². The minimum atomic E-state index is -0.335. The summed E-state index contributed by atoms with van der Waals surface area (Å²) in [5, 5.41) is 5.78. The molecule has 0 aliphatic heterocycles. The molecule has 6 heteroatoms. The molecule has 2 N–H and O–H groups in total. The summed E-state index contributed by atoms with van der Waals surface area (Å²) in [5.74, 6) is -0.254. The number of rotatable bonds is 7. The van der Waals surface area contributed by atoms with E-state index in [4.69, 9.17) is 0 Å². The highest BCUT2D eigenvalue weighted by molar-refractivity contribution is 5.79. The normalized spacial score (nSPS) is 11.9. The second kappa shape index (κ2) is 8.49. The Balaban J connectivity index is 1.55. The molecule has 140 valence electrons. The summed E-state index contributed by atoms with van der Waals surface area (Å²) in [7, 11) is 0. The van der Waals surface area contributed by atoms with E-state index in [0.29, 0.717) is 13.0 Å². The fourth-order valence-corrected chi connectivity index (χ4v) is 2.99. The maximum atomic E-state index is 12.3. The molecule has 3 aromatic rings. The predicted molar refractivity (Wildman–Crippen MR) is 104 cm³/mol. The van der Waals surface area contributed by atoms with Crippen molar-refractivity contribution in [2.24, 2.45) is 0 Å². The summed E-state index contributed by atoms with van der Waals surface area (Å²) < 4.78 is 1.96. The van der Waals surface area contributed by atoms with Crippen molar-refractivity contribution in [1.82, 2.24) is 20.0 Å². The van der Waals surface area contributed by atoms with Crippen LogP contribution in [0.3, 0.4) is 0 Å². The number of imidazole rings is 1. The number of aryl methyl sites for hydroxylation is 1. The number of carbonyl (C=O) groups is 2. The van der Waals surface area contributed by atoms with Gasteiger partial charge in [-0.05, 0) is 24.6 Å². The van der Waals surface area contributed by atoms with E-state index >= 15 is 0 Å². The first kappa shape index (κ1) is 18.6. The van der Waals surface area contributed by atoms with Crippen molar-refractivity contribution < 1.29 is 9.59 Å². The van der Waals surface area contributed by atoms with Gasteiger partial charge in [-0.25, -0.2) is 4.98 Å². The lowest BCUT2D eigenvalue weighted by molar-refractivity contribution is -0.122. The van der Waals surface area contributed by atoms with Crippen LogP contribution in [0.2, 0.25) is 0 Å². The molecule has 0 aliphatic carbocycles. The zero-order valence-electron chi connectivity index (χ0n) is 15.6. The summed E-state index contributed by atoms with van der Waals surface area (Å²) in [4.78, 5) is 28.4. The molecule has 0 radical (unpaired) electrons. The fraction of sp³-hybridized carbons (Fsp3) is 0.286. The third-order valence-electron chi connectivity index (χ3n) is 4.36. The predicted octanol–water partition coefficient (Wildman–Crippen LogP) is 2.57. The summed E-state index contributed by atoms with van der Waals surface area (Å²) in [5.41, 5.74) is 3.88. The Labute approximate surface area is 158 Å². The van der Waals surface area contributed by atoms with Gasteiger partial charge in [0.15, 0.2) is 0 Å². The van der Waals surface area contributed by atoms with Gasteiger partial charge in [-0.1, -0.05) is 35.9 Å². The molecule has 3 rings (SSSR count). The highest BCUT2D eigenvalue weighted by Crippen LogP contribution is 2.17. The van der Waals surface area contributed by atoms with Crippen LogP contribution in [0.1, 0.15) is 36.2 Å². The Morgan fingerprint density at radius 3 is 2.63 bits per heavy atom. The summed E-state index contributed by atoms with van der Waals surface area (Å²) >= 11 is 0. The van der Waals surface area contributed by atoms with Gasteiger partial charge in [0.25, 0.3) is 0 Å². The minimum absolute atomic E-state index is 0.0990. The van der Waals surface area contributed by atoms with Crippen LogP contribution in [-0.2, 0) is 16.0 Å². The molecule has 0 saturated carbocycles. The summed E-state index contributed by atoms with van der Waals surface area (Å²) in [6.45, 7) is 3.97. The van der Waals surface area contributed by atoms with Crippen molar-refractivity contribution in [3.63, 3.8) is 0 Å². The smallest absolute Gasteiger partial charge is 0.222 e. The topological polar surface area (TPSA) is 75.5 Å². The Morgan fingerprint density at radius 2 is 1.93 bits per heavy atom. The van der Waals surface area contributed by atoms with Crippen molar-refractivity contribution in [3.8, 4) is 0 Å². The molecular weight excluding hydrogens is 340 g/mol. The number of benzene rings is 1. The third-order valence-corrected chi connectivity index (χ3v) is 4.36. The van der Waals surface area contributed by atoms with Crippen LogP contribution >= 0.6 is 0 Å². The van der Waals surface area contributed by atoms with Crippen LogP contribution in [0.4, 0.5) is 0 Å². The van der Waals surface area contributed by atoms with Crippen LogP contribution in [0, 0.1) is 6.92 Å². The van der Waals surface area contributed by atoms with Crippen molar-refractivity contribution in [2.75, 3.05) is 6.54 Å². The molecular formula is C21H24N4O2. The number of pyridine rings is 1. The average molecular weight is 364 g/mol. The highest BCUT2D eigenvalue weighted by Gasteiger charge is 2.17. The number of hydrogen-bond donors (Lipinski definition) is 2. The second-order valence-electron chi connectivity index (χ2n) is 6.67. The van der Waals surface area contributed by atoms with Crippen LogP contribution < -0.4 is 10.6 Å². The van der Waals surface area contributed by atoms with Crippen molar-refractivity contribution in [3.05, 3.63) is 71.7 Å². The van der Waals surface area contributed by atoms with E-state index in [9.17, 15) is 9.59 Å². The molecule has 0 aliphatic rings. The van der Waals surface area contributed by atoms with E-state index in [1.807, 2.05) is 66.2 Å². The Hall–Kier alpha value is -3.15. The number of nitrogens with one attached hydrogen (secondary N) is 2. The third kappa shape index (κ3) is 5.17.